The molecule has 4 aromatic rings. The van der Waals surface area contributed by atoms with E-state index < -0.39 is 5.97 Å². The van der Waals surface area contributed by atoms with Gasteiger partial charge < -0.3 is 9.25 Å². The maximum absolute atomic E-state index is 12.6. The molecule has 3 aromatic carbocycles. The number of fused-ring (bicyclic) bond motifs is 1. The second kappa shape index (κ2) is 8.80. The van der Waals surface area contributed by atoms with Crippen LogP contribution in [0.1, 0.15) is 27.8 Å². The van der Waals surface area contributed by atoms with E-state index in [1.54, 1.807) is 36.0 Å². The summed E-state index contributed by atoms with van der Waals surface area (Å²) in [5.74, 6) is -1.04. The van der Waals surface area contributed by atoms with E-state index in [0.29, 0.717) is 11.1 Å². The summed E-state index contributed by atoms with van der Waals surface area (Å²) in [7, 11) is 0. The highest BCUT2D eigenvalue weighted by Crippen LogP contribution is 2.27. The molecule has 0 radical (unpaired) electrons. The molecule has 0 unspecified atom stereocenters. The molecule has 0 N–H and O–H groups in total. The van der Waals surface area contributed by atoms with E-state index in [2.05, 4.69) is 5.16 Å². The van der Waals surface area contributed by atoms with Crippen LogP contribution in [0.5, 0.6) is 0 Å². The molecule has 0 fully saturated rings. The van der Waals surface area contributed by atoms with Crippen LogP contribution in [0.25, 0.3) is 11.0 Å². The van der Waals surface area contributed by atoms with Gasteiger partial charge in [0.25, 0.3) is 0 Å². The molecule has 4 rings (SSSR count). The SMILES string of the molecule is CC(=NOC(=O)c1cc2ccccc2o1)C(=O)c1ccc(Sc2ccccc2)cc1. The Balaban J connectivity index is 1.41. The van der Waals surface area contributed by atoms with Crippen molar-refractivity contribution >= 4 is 40.2 Å². The van der Waals surface area contributed by atoms with Crippen LogP contribution in [0.4, 0.5) is 0 Å². The predicted octanol–water partition coefficient (Wildman–Crippen LogP) is 6.00. The van der Waals surface area contributed by atoms with Gasteiger partial charge in [0.15, 0.2) is 0 Å². The van der Waals surface area contributed by atoms with Crippen molar-refractivity contribution in [3.63, 3.8) is 0 Å². The fourth-order valence-corrected chi connectivity index (χ4v) is 3.62. The van der Waals surface area contributed by atoms with Crippen molar-refractivity contribution in [2.75, 3.05) is 0 Å². The fourth-order valence-electron chi connectivity index (χ4n) is 2.79. The average Bonchev–Trinajstić information content (AvgIpc) is 3.22. The highest BCUT2D eigenvalue weighted by Gasteiger charge is 2.16. The minimum absolute atomic E-state index is 0.0301. The Morgan fingerprint density at radius 3 is 2.27 bits per heavy atom. The number of Topliss-reactive ketones (excluding diaryl/α,β-unsaturated/α-hetero) is 1. The maximum Gasteiger partial charge on any atom is 0.400 e. The standard InChI is InChI=1S/C24H17NO4S/c1-16(25-29-24(27)22-15-18-7-5-6-10-21(18)28-22)23(26)17-11-13-20(14-12-17)30-19-8-3-2-4-9-19/h2-15H,1H3. The van der Waals surface area contributed by atoms with Crippen LogP contribution in [0.15, 0.2) is 104 Å². The van der Waals surface area contributed by atoms with Gasteiger partial charge in [0.05, 0.1) is 0 Å². The number of oxime groups is 1. The molecule has 0 atom stereocenters. The van der Waals surface area contributed by atoms with E-state index in [0.717, 1.165) is 15.2 Å². The number of carbonyl (C=O) groups is 2. The first-order valence-corrected chi connectivity index (χ1v) is 10.0. The molecule has 30 heavy (non-hydrogen) atoms. The average molecular weight is 415 g/mol. The minimum Gasteiger partial charge on any atom is -0.449 e. The van der Waals surface area contributed by atoms with Crippen molar-refractivity contribution in [3.05, 3.63) is 96.3 Å². The minimum atomic E-state index is -0.757. The van der Waals surface area contributed by atoms with E-state index in [4.69, 9.17) is 9.25 Å². The maximum atomic E-state index is 12.6. The van der Waals surface area contributed by atoms with Crippen LogP contribution in [0.3, 0.4) is 0 Å². The number of carbonyl (C=O) groups excluding carboxylic acids is 2. The van der Waals surface area contributed by atoms with Gasteiger partial charge >= 0.3 is 5.97 Å². The molecular weight excluding hydrogens is 398 g/mol. The fraction of sp³-hybridized carbons (Fsp3) is 0.0417. The zero-order valence-corrected chi connectivity index (χ0v) is 16.9. The molecule has 0 amide bonds. The van der Waals surface area contributed by atoms with Crippen LogP contribution < -0.4 is 0 Å². The molecule has 5 nitrogen and oxygen atoms in total. The van der Waals surface area contributed by atoms with Gasteiger partial charge in [0.1, 0.15) is 11.3 Å². The predicted molar refractivity (Wildman–Crippen MR) is 116 cm³/mol. The molecule has 0 saturated carbocycles. The van der Waals surface area contributed by atoms with Gasteiger partial charge in [-0.3, -0.25) is 4.79 Å². The molecule has 0 aliphatic carbocycles. The molecule has 0 spiro atoms. The molecule has 1 heterocycles. The first-order chi connectivity index (χ1) is 14.6. The smallest absolute Gasteiger partial charge is 0.400 e. The van der Waals surface area contributed by atoms with Crippen LogP contribution >= 0.6 is 11.8 Å². The third-order valence-corrected chi connectivity index (χ3v) is 5.33. The van der Waals surface area contributed by atoms with Crippen molar-refractivity contribution in [3.8, 4) is 0 Å². The van der Waals surface area contributed by atoms with E-state index in [-0.39, 0.29) is 17.3 Å². The largest absolute Gasteiger partial charge is 0.449 e. The lowest BCUT2D eigenvalue weighted by Crippen LogP contribution is -2.12. The third kappa shape index (κ3) is 4.50. The molecule has 1 aromatic heterocycles. The number of hydrogen-bond donors (Lipinski definition) is 0. The Labute approximate surface area is 177 Å². The number of para-hydroxylation sites is 1. The first kappa shape index (κ1) is 19.7. The van der Waals surface area contributed by atoms with Gasteiger partial charge in [-0.1, -0.05) is 53.3 Å². The quantitative estimate of drug-likeness (QED) is 0.167. The Morgan fingerprint density at radius 2 is 1.53 bits per heavy atom. The second-order valence-electron chi connectivity index (χ2n) is 6.47. The molecule has 148 valence electrons. The van der Waals surface area contributed by atoms with E-state index in [1.165, 1.54) is 6.92 Å². The summed E-state index contributed by atoms with van der Waals surface area (Å²) in [6.07, 6.45) is 0. The van der Waals surface area contributed by atoms with E-state index in [9.17, 15) is 9.59 Å². The van der Waals surface area contributed by atoms with Gasteiger partial charge in [-0.15, -0.1) is 0 Å². The number of nitrogens with zero attached hydrogens (tertiary/aromatic N) is 1. The van der Waals surface area contributed by atoms with Crippen LogP contribution in [-0.4, -0.2) is 17.5 Å². The lowest BCUT2D eigenvalue weighted by Gasteiger charge is -2.04. The number of rotatable bonds is 6. The molecule has 0 bridgehead atoms. The highest BCUT2D eigenvalue weighted by atomic mass is 32.2. The summed E-state index contributed by atoms with van der Waals surface area (Å²) in [6, 6.07) is 26.0. The lowest BCUT2D eigenvalue weighted by atomic mass is 10.1. The summed E-state index contributed by atoms with van der Waals surface area (Å²) in [5, 5.41) is 4.48. The normalized spacial score (nSPS) is 11.4. The molecular formula is C24H17NO4S. The molecule has 0 aliphatic heterocycles. The lowest BCUT2D eigenvalue weighted by molar-refractivity contribution is 0.0481. The zero-order chi connectivity index (χ0) is 20.9. The summed E-state index contributed by atoms with van der Waals surface area (Å²) in [6.45, 7) is 1.50. The monoisotopic (exact) mass is 415 g/mol. The summed E-state index contributed by atoms with van der Waals surface area (Å²) >= 11 is 1.61. The van der Waals surface area contributed by atoms with Crippen LogP contribution in [-0.2, 0) is 4.84 Å². The Bertz CT molecular complexity index is 1190. The van der Waals surface area contributed by atoms with Crippen molar-refractivity contribution < 1.29 is 18.8 Å². The second-order valence-corrected chi connectivity index (χ2v) is 7.62. The van der Waals surface area contributed by atoms with Gasteiger partial charge in [0, 0.05) is 20.7 Å². The molecule has 6 heteroatoms. The molecule has 0 saturated heterocycles. The number of hydrogen-bond acceptors (Lipinski definition) is 6. The number of benzene rings is 3. The van der Waals surface area contributed by atoms with Gasteiger partial charge in [0.2, 0.25) is 11.5 Å². The van der Waals surface area contributed by atoms with Crippen molar-refractivity contribution in [1.82, 2.24) is 0 Å². The Morgan fingerprint density at radius 1 is 0.867 bits per heavy atom. The van der Waals surface area contributed by atoms with Gasteiger partial charge in [-0.05, 0) is 55.5 Å². The molecule has 0 aliphatic rings. The summed E-state index contributed by atoms with van der Waals surface area (Å²) in [5.41, 5.74) is 1.12. The highest BCUT2D eigenvalue weighted by molar-refractivity contribution is 7.99. The van der Waals surface area contributed by atoms with E-state index >= 15 is 0 Å². The first-order valence-electron chi connectivity index (χ1n) is 9.22. The Hall–Kier alpha value is -3.64. The van der Waals surface area contributed by atoms with E-state index in [1.807, 2.05) is 60.7 Å². The summed E-state index contributed by atoms with van der Waals surface area (Å²) < 4.78 is 5.44. The zero-order valence-electron chi connectivity index (χ0n) is 16.1. The third-order valence-electron chi connectivity index (χ3n) is 4.32. The van der Waals surface area contributed by atoms with Gasteiger partial charge in [-0.2, -0.15) is 0 Å². The van der Waals surface area contributed by atoms with Crippen LogP contribution in [0.2, 0.25) is 0 Å². The van der Waals surface area contributed by atoms with Gasteiger partial charge in [-0.25, -0.2) is 4.79 Å². The van der Waals surface area contributed by atoms with Crippen molar-refractivity contribution in [2.45, 2.75) is 16.7 Å². The number of furan rings is 1. The van der Waals surface area contributed by atoms with Crippen molar-refractivity contribution in [2.24, 2.45) is 5.16 Å². The number of ketones is 1. The summed E-state index contributed by atoms with van der Waals surface area (Å²) in [4.78, 5) is 31.7. The topological polar surface area (TPSA) is 68.9 Å². The Kier molecular flexibility index (Phi) is 5.77. The van der Waals surface area contributed by atoms with Crippen LogP contribution in [0, 0.1) is 0 Å². The van der Waals surface area contributed by atoms with Crippen molar-refractivity contribution in [1.29, 1.82) is 0 Å².